The van der Waals surface area contributed by atoms with Gasteiger partial charge in [-0.3, -0.25) is 0 Å². The van der Waals surface area contributed by atoms with Crippen molar-refractivity contribution in [1.29, 1.82) is 0 Å². The van der Waals surface area contributed by atoms with Crippen LogP contribution in [0.25, 0.3) is 16.3 Å². The first kappa shape index (κ1) is 21.0. The molecule has 3 atom stereocenters. The summed E-state index contributed by atoms with van der Waals surface area (Å²) < 4.78 is 6.29. The largest absolute Gasteiger partial charge is 0.458 e. The van der Waals surface area contributed by atoms with Gasteiger partial charge in [-0.25, -0.2) is 4.79 Å². The Balaban J connectivity index is 1.58. The highest BCUT2D eigenvalue weighted by Gasteiger charge is 2.34. The van der Waals surface area contributed by atoms with Crippen LogP contribution in [-0.4, -0.2) is 12.1 Å². The summed E-state index contributed by atoms with van der Waals surface area (Å²) in [5.74, 6) is 1.37. The molecule has 0 unspecified atom stereocenters. The predicted molar refractivity (Wildman–Crippen MR) is 132 cm³/mol. The third-order valence-electron chi connectivity index (χ3n) is 7.47. The third kappa shape index (κ3) is 3.77. The number of esters is 1. The number of benzene rings is 3. The minimum absolute atomic E-state index is 0.00425. The predicted octanol–water partition coefficient (Wildman–Crippen LogP) is 7.45. The molecule has 2 heteroatoms. The van der Waals surface area contributed by atoms with E-state index in [9.17, 15) is 4.79 Å². The molecule has 5 rings (SSSR count). The van der Waals surface area contributed by atoms with Crippen LogP contribution < -0.4 is 0 Å². The first-order chi connectivity index (χ1) is 15.5. The van der Waals surface area contributed by atoms with E-state index in [1.807, 2.05) is 6.07 Å². The van der Waals surface area contributed by atoms with Crippen LogP contribution in [0, 0.1) is 17.8 Å². The van der Waals surface area contributed by atoms with Gasteiger partial charge in [0, 0.05) is 5.56 Å². The third-order valence-corrected chi connectivity index (χ3v) is 7.47. The Labute approximate surface area is 191 Å². The first-order valence-electron chi connectivity index (χ1n) is 12.0. The average Bonchev–Trinajstić information content (AvgIpc) is 3.22. The Morgan fingerprint density at radius 1 is 0.969 bits per heavy atom. The lowest BCUT2D eigenvalue weighted by atomic mass is 9.75. The van der Waals surface area contributed by atoms with Crippen molar-refractivity contribution in [2.75, 3.05) is 0 Å². The van der Waals surface area contributed by atoms with Crippen LogP contribution in [0.5, 0.6) is 0 Å². The van der Waals surface area contributed by atoms with Crippen molar-refractivity contribution < 1.29 is 9.53 Å². The Kier molecular flexibility index (Phi) is 5.63. The summed E-state index contributed by atoms with van der Waals surface area (Å²) in [5, 5.41) is 2.26. The van der Waals surface area contributed by atoms with E-state index in [0.29, 0.717) is 23.3 Å². The maximum Gasteiger partial charge on any atom is 0.339 e. The van der Waals surface area contributed by atoms with E-state index in [0.717, 1.165) is 41.2 Å². The van der Waals surface area contributed by atoms with Gasteiger partial charge in [0.25, 0.3) is 0 Å². The zero-order chi connectivity index (χ0) is 22.2. The van der Waals surface area contributed by atoms with Gasteiger partial charge in [0.2, 0.25) is 0 Å². The molecule has 32 heavy (non-hydrogen) atoms. The molecule has 0 heterocycles. The van der Waals surface area contributed by atoms with Gasteiger partial charge < -0.3 is 4.74 Å². The number of ether oxygens (including phenoxy) is 1. The molecule has 0 amide bonds. The van der Waals surface area contributed by atoms with Crippen LogP contribution in [0.1, 0.15) is 67.1 Å². The molecule has 1 fully saturated rings. The Morgan fingerprint density at radius 2 is 1.75 bits per heavy atom. The number of hydrogen-bond donors (Lipinski definition) is 0. The normalized spacial score (nSPS) is 22.6. The molecule has 3 aromatic rings. The van der Waals surface area contributed by atoms with Crippen LogP contribution in [0.3, 0.4) is 0 Å². The molecule has 1 saturated carbocycles. The molecule has 0 N–H and O–H groups in total. The molecule has 2 nitrogen and oxygen atoms in total. The standard InChI is InChI=1S/C30H32O2/c1-19(2)23-15-12-20(3)18-28(23)32-30(31)27-17-14-22-9-5-7-11-25(22)29(27)26-16-13-21-8-4-6-10-24(21)26/h4-11,14,16-17,19-20,23,28H,12-13,15,18H2,1-3H3/t20-,23+,28-/m1/s1. The Bertz CT molecular complexity index is 1190. The van der Waals surface area contributed by atoms with Gasteiger partial charge in [0.05, 0.1) is 5.56 Å². The Hall–Kier alpha value is -2.87. The van der Waals surface area contributed by atoms with Crippen LogP contribution >= 0.6 is 0 Å². The monoisotopic (exact) mass is 424 g/mol. The van der Waals surface area contributed by atoms with Crippen molar-refractivity contribution in [2.24, 2.45) is 17.8 Å². The molecule has 0 radical (unpaired) electrons. The maximum atomic E-state index is 13.7. The summed E-state index contributed by atoms with van der Waals surface area (Å²) in [6, 6.07) is 20.9. The highest BCUT2D eigenvalue weighted by Crippen LogP contribution is 2.40. The zero-order valence-electron chi connectivity index (χ0n) is 19.3. The minimum atomic E-state index is -0.180. The molecule has 0 aromatic heterocycles. The summed E-state index contributed by atoms with van der Waals surface area (Å²) in [7, 11) is 0. The molecule has 164 valence electrons. The van der Waals surface area contributed by atoms with Gasteiger partial charge in [-0.2, -0.15) is 0 Å². The maximum absolute atomic E-state index is 13.7. The molecule has 0 bridgehead atoms. The van der Waals surface area contributed by atoms with E-state index in [-0.39, 0.29) is 12.1 Å². The SMILES string of the molecule is CC(C)[C@@H]1CC[C@@H](C)C[C@H]1OC(=O)c1ccc2ccccc2c1C1=CCc2ccccc21. The number of hydrogen-bond acceptors (Lipinski definition) is 2. The lowest BCUT2D eigenvalue weighted by Crippen LogP contribution is -2.36. The summed E-state index contributed by atoms with van der Waals surface area (Å²) in [6.07, 6.45) is 6.49. The lowest BCUT2D eigenvalue weighted by molar-refractivity contribution is -0.0174. The number of allylic oxidation sites excluding steroid dienone is 1. The van der Waals surface area contributed by atoms with E-state index < -0.39 is 0 Å². The zero-order valence-corrected chi connectivity index (χ0v) is 19.3. The van der Waals surface area contributed by atoms with Crippen LogP contribution in [0.2, 0.25) is 0 Å². The summed E-state index contributed by atoms with van der Waals surface area (Å²) >= 11 is 0. The Morgan fingerprint density at radius 3 is 2.59 bits per heavy atom. The van der Waals surface area contributed by atoms with Gasteiger partial charge in [-0.1, -0.05) is 87.9 Å². The van der Waals surface area contributed by atoms with E-state index in [4.69, 9.17) is 4.74 Å². The molecule has 3 aromatic carbocycles. The van der Waals surface area contributed by atoms with Crippen LogP contribution in [-0.2, 0) is 11.2 Å². The quantitative estimate of drug-likeness (QED) is 0.407. The number of carbonyl (C=O) groups is 1. The molecular formula is C30H32O2. The van der Waals surface area contributed by atoms with Gasteiger partial charge >= 0.3 is 5.97 Å². The van der Waals surface area contributed by atoms with E-state index in [2.05, 4.69) is 81.4 Å². The van der Waals surface area contributed by atoms with Crippen LogP contribution in [0.4, 0.5) is 0 Å². The van der Waals surface area contributed by atoms with Crippen LogP contribution in [0.15, 0.2) is 66.7 Å². The topological polar surface area (TPSA) is 26.3 Å². The molecule has 0 saturated heterocycles. The molecule has 0 spiro atoms. The highest BCUT2D eigenvalue weighted by molar-refractivity contribution is 6.08. The summed E-state index contributed by atoms with van der Waals surface area (Å²) in [5.41, 5.74) is 5.40. The second-order valence-electron chi connectivity index (χ2n) is 9.96. The smallest absolute Gasteiger partial charge is 0.339 e. The van der Waals surface area contributed by atoms with Crippen molar-refractivity contribution in [3.63, 3.8) is 0 Å². The minimum Gasteiger partial charge on any atom is -0.458 e. The van der Waals surface area contributed by atoms with Crippen molar-refractivity contribution >= 4 is 22.3 Å². The lowest BCUT2D eigenvalue weighted by Gasteiger charge is -2.36. The average molecular weight is 425 g/mol. The summed E-state index contributed by atoms with van der Waals surface area (Å²) in [4.78, 5) is 13.7. The second kappa shape index (κ2) is 8.58. The first-order valence-corrected chi connectivity index (χ1v) is 12.0. The van der Waals surface area contributed by atoms with E-state index in [1.165, 1.54) is 17.5 Å². The number of carbonyl (C=O) groups excluding carboxylic acids is 1. The molecule has 0 aliphatic heterocycles. The molecule has 2 aliphatic rings. The fraction of sp³-hybridized carbons (Fsp3) is 0.367. The molecular weight excluding hydrogens is 392 g/mol. The van der Waals surface area contributed by atoms with E-state index in [1.54, 1.807) is 0 Å². The van der Waals surface area contributed by atoms with Gasteiger partial charge in [-0.05, 0) is 70.6 Å². The van der Waals surface area contributed by atoms with E-state index >= 15 is 0 Å². The van der Waals surface area contributed by atoms with Gasteiger partial charge in [0.1, 0.15) is 6.10 Å². The van der Waals surface area contributed by atoms with Crippen molar-refractivity contribution in [1.82, 2.24) is 0 Å². The van der Waals surface area contributed by atoms with Gasteiger partial charge in [0.15, 0.2) is 0 Å². The van der Waals surface area contributed by atoms with Crippen molar-refractivity contribution in [3.05, 3.63) is 89.0 Å². The fourth-order valence-corrected chi connectivity index (χ4v) is 5.70. The van der Waals surface area contributed by atoms with Gasteiger partial charge in [-0.15, -0.1) is 0 Å². The summed E-state index contributed by atoms with van der Waals surface area (Å²) in [6.45, 7) is 6.78. The van der Waals surface area contributed by atoms with Crippen molar-refractivity contribution in [2.45, 2.75) is 52.6 Å². The molecule has 2 aliphatic carbocycles. The number of fused-ring (bicyclic) bond motifs is 2. The highest BCUT2D eigenvalue weighted by atomic mass is 16.5. The number of rotatable bonds is 4. The fourth-order valence-electron chi connectivity index (χ4n) is 5.70. The van der Waals surface area contributed by atoms with Crippen molar-refractivity contribution in [3.8, 4) is 0 Å². The second-order valence-corrected chi connectivity index (χ2v) is 9.96.